The quantitative estimate of drug-likeness (QED) is 0.322. The molecule has 0 unspecified atom stereocenters. The van der Waals surface area contributed by atoms with Gasteiger partial charge in [-0.05, 0) is 29.8 Å². The predicted molar refractivity (Wildman–Crippen MR) is 99.8 cm³/mol. The Bertz CT molecular complexity index is 958. The molecule has 0 aromatic heterocycles. The molecule has 1 amide bonds. The number of halogens is 1. The Kier molecular flexibility index (Phi) is 6.77. The maximum absolute atomic E-state index is 11.7. The highest BCUT2D eigenvalue weighted by molar-refractivity contribution is 6.32. The molecular formula is C17H12ClN3O7. The second kappa shape index (κ2) is 9.24. The number of carbonyl (C=O) groups excluding carboxylic acids is 2. The van der Waals surface area contributed by atoms with Gasteiger partial charge in [0.25, 0.3) is 17.3 Å². The molecule has 1 N–H and O–H groups in total. The average molecular weight is 406 g/mol. The van der Waals surface area contributed by atoms with E-state index in [1.54, 1.807) is 0 Å². The van der Waals surface area contributed by atoms with E-state index in [9.17, 15) is 29.8 Å². The lowest BCUT2D eigenvalue weighted by Gasteiger charge is -2.05. The molecule has 0 aliphatic carbocycles. The van der Waals surface area contributed by atoms with Crippen LogP contribution in [0, 0.1) is 20.2 Å². The summed E-state index contributed by atoms with van der Waals surface area (Å²) in [4.78, 5) is 43.5. The third-order valence-corrected chi connectivity index (χ3v) is 3.61. The number of nitro benzene ring substituents is 2. The molecule has 0 bridgehead atoms. The van der Waals surface area contributed by atoms with Gasteiger partial charge in [0.15, 0.2) is 6.61 Å². The van der Waals surface area contributed by atoms with Crippen LogP contribution in [0.3, 0.4) is 0 Å². The van der Waals surface area contributed by atoms with Crippen LogP contribution < -0.4 is 5.32 Å². The lowest BCUT2D eigenvalue weighted by molar-refractivity contribution is -0.385. The third kappa shape index (κ3) is 5.88. The summed E-state index contributed by atoms with van der Waals surface area (Å²) in [7, 11) is 0. The fourth-order valence-corrected chi connectivity index (χ4v) is 2.17. The Morgan fingerprint density at radius 1 is 1.07 bits per heavy atom. The summed E-state index contributed by atoms with van der Waals surface area (Å²) in [6, 6.07) is 9.10. The Balaban J connectivity index is 1.87. The number of hydrogen-bond donors (Lipinski definition) is 1. The lowest BCUT2D eigenvalue weighted by atomic mass is 10.2. The number of ether oxygens (including phenoxy) is 1. The van der Waals surface area contributed by atoms with E-state index in [0.717, 1.165) is 6.08 Å². The Morgan fingerprint density at radius 2 is 1.75 bits per heavy atom. The van der Waals surface area contributed by atoms with Gasteiger partial charge in [0.2, 0.25) is 0 Å². The zero-order valence-electron chi connectivity index (χ0n) is 14.0. The Hall–Kier alpha value is -3.79. The maximum Gasteiger partial charge on any atom is 0.331 e. The number of nitrogens with one attached hydrogen (secondary N) is 1. The van der Waals surface area contributed by atoms with Crippen molar-refractivity contribution in [1.29, 1.82) is 0 Å². The van der Waals surface area contributed by atoms with Gasteiger partial charge >= 0.3 is 5.97 Å². The van der Waals surface area contributed by atoms with Crippen LogP contribution >= 0.6 is 11.6 Å². The zero-order chi connectivity index (χ0) is 20.7. The molecule has 0 saturated carbocycles. The number of nitro groups is 2. The second-order valence-electron chi connectivity index (χ2n) is 5.26. The molecule has 0 atom stereocenters. The van der Waals surface area contributed by atoms with E-state index < -0.39 is 28.3 Å². The third-order valence-electron chi connectivity index (χ3n) is 3.29. The predicted octanol–water partition coefficient (Wildman–Crippen LogP) is 3.35. The topological polar surface area (TPSA) is 142 Å². The van der Waals surface area contributed by atoms with Crippen molar-refractivity contribution in [3.63, 3.8) is 0 Å². The summed E-state index contributed by atoms with van der Waals surface area (Å²) >= 11 is 5.69. The van der Waals surface area contributed by atoms with Crippen molar-refractivity contribution in [2.45, 2.75) is 0 Å². The summed E-state index contributed by atoms with van der Waals surface area (Å²) in [5, 5.41) is 23.8. The highest BCUT2D eigenvalue weighted by Crippen LogP contribution is 2.25. The van der Waals surface area contributed by atoms with Crippen LogP contribution in [-0.2, 0) is 14.3 Å². The van der Waals surface area contributed by atoms with Gasteiger partial charge in [0.05, 0.1) is 9.85 Å². The van der Waals surface area contributed by atoms with Gasteiger partial charge in [-0.2, -0.15) is 0 Å². The molecule has 0 aliphatic heterocycles. The number of nitrogens with zero attached hydrogens (tertiary/aromatic N) is 2. The number of benzene rings is 2. The molecule has 0 heterocycles. The van der Waals surface area contributed by atoms with Gasteiger partial charge in [0.1, 0.15) is 5.02 Å². The summed E-state index contributed by atoms with van der Waals surface area (Å²) in [6.45, 7) is -0.582. The van der Waals surface area contributed by atoms with Crippen molar-refractivity contribution < 1.29 is 24.2 Å². The molecule has 0 aliphatic rings. The number of amides is 1. The van der Waals surface area contributed by atoms with Crippen LogP contribution in [0.2, 0.25) is 5.02 Å². The van der Waals surface area contributed by atoms with E-state index in [-0.39, 0.29) is 16.4 Å². The van der Waals surface area contributed by atoms with Gasteiger partial charge in [0, 0.05) is 30.0 Å². The van der Waals surface area contributed by atoms with Crippen LogP contribution in [-0.4, -0.2) is 28.3 Å². The van der Waals surface area contributed by atoms with E-state index in [1.165, 1.54) is 48.5 Å². The molecular weight excluding hydrogens is 394 g/mol. The van der Waals surface area contributed by atoms with E-state index in [4.69, 9.17) is 16.3 Å². The SMILES string of the molecule is O=C(COC(=O)/C=C/c1ccc(Cl)c([N+](=O)[O-])c1)Nc1ccc([N+](=O)[O-])cc1. The molecule has 2 rings (SSSR count). The second-order valence-corrected chi connectivity index (χ2v) is 5.67. The van der Waals surface area contributed by atoms with Crippen molar-refractivity contribution in [2.24, 2.45) is 0 Å². The fourth-order valence-electron chi connectivity index (χ4n) is 1.99. The van der Waals surface area contributed by atoms with Crippen molar-refractivity contribution in [3.05, 3.63) is 79.4 Å². The van der Waals surface area contributed by atoms with Gasteiger partial charge < -0.3 is 10.1 Å². The van der Waals surface area contributed by atoms with Crippen molar-refractivity contribution in [3.8, 4) is 0 Å². The summed E-state index contributed by atoms with van der Waals surface area (Å²) in [6.07, 6.45) is 2.28. The van der Waals surface area contributed by atoms with E-state index in [2.05, 4.69) is 5.32 Å². The molecule has 28 heavy (non-hydrogen) atoms. The highest BCUT2D eigenvalue weighted by atomic mass is 35.5. The molecule has 10 nitrogen and oxygen atoms in total. The fraction of sp³-hybridized carbons (Fsp3) is 0.0588. The van der Waals surface area contributed by atoms with Gasteiger partial charge in [-0.3, -0.25) is 25.0 Å². The smallest absolute Gasteiger partial charge is 0.331 e. The first-order valence-corrected chi connectivity index (χ1v) is 7.97. The first-order valence-electron chi connectivity index (χ1n) is 7.59. The highest BCUT2D eigenvalue weighted by Gasteiger charge is 2.12. The molecule has 0 radical (unpaired) electrons. The molecule has 2 aromatic rings. The van der Waals surface area contributed by atoms with E-state index in [1.807, 2.05) is 0 Å². The standard InChI is InChI=1S/C17H12ClN3O7/c18-14-7-1-11(9-15(14)21(26)27)2-8-17(23)28-10-16(22)19-12-3-5-13(6-4-12)20(24)25/h1-9H,10H2,(H,19,22)/b8-2+. The van der Waals surface area contributed by atoms with E-state index in [0.29, 0.717) is 11.3 Å². The van der Waals surface area contributed by atoms with Crippen LogP contribution in [0.15, 0.2) is 48.5 Å². The summed E-state index contributed by atoms with van der Waals surface area (Å²) < 4.78 is 4.76. The normalized spacial score (nSPS) is 10.5. The molecule has 11 heteroatoms. The minimum Gasteiger partial charge on any atom is -0.452 e. The zero-order valence-corrected chi connectivity index (χ0v) is 14.8. The Morgan fingerprint density at radius 3 is 2.36 bits per heavy atom. The van der Waals surface area contributed by atoms with Crippen molar-refractivity contribution >= 4 is 46.6 Å². The first-order chi connectivity index (χ1) is 13.3. The number of esters is 1. The Labute approximate surface area is 162 Å². The van der Waals surface area contributed by atoms with Crippen LogP contribution in [0.1, 0.15) is 5.56 Å². The number of rotatable bonds is 7. The largest absolute Gasteiger partial charge is 0.452 e. The van der Waals surface area contributed by atoms with Crippen LogP contribution in [0.25, 0.3) is 6.08 Å². The van der Waals surface area contributed by atoms with Gasteiger partial charge in [-0.25, -0.2) is 4.79 Å². The number of carbonyl (C=O) groups is 2. The average Bonchev–Trinajstić information content (AvgIpc) is 2.66. The monoisotopic (exact) mass is 405 g/mol. The van der Waals surface area contributed by atoms with Crippen LogP contribution in [0.5, 0.6) is 0 Å². The van der Waals surface area contributed by atoms with Gasteiger partial charge in [-0.1, -0.05) is 17.7 Å². The van der Waals surface area contributed by atoms with Crippen molar-refractivity contribution in [2.75, 3.05) is 11.9 Å². The summed E-state index contributed by atoms with van der Waals surface area (Å²) in [5.74, 6) is -1.48. The molecule has 144 valence electrons. The minimum absolute atomic E-state index is 0.0346. The molecule has 0 saturated heterocycles. The molecule has 2 aromatic carbocycles. The van der Waals surface area contributed by atoms with E-state index >= 15 is 0 Å². The number of anilines is 1. The van der Waals surface area contributed by atoms with Crippen LogP contribution in [0.4, 0.5) is 17.1 Å². The first kappa shape index (κ1) is 20.5. The molecule has 0 fully saturated rings. The summed E-state index contributed by atoms with van der Waals surface area (Å²) in [5.41, 5.74) is 0.218. The van der Waals surface area contributed by atoms with Gasteiger partial charge in [-0.15, -0.1) is 0 Å². The van der Waals surface area contributed by atoms with Crippen molar-refractivity contribution in [1.82, 2.24) is 0 Å². The lowest BCUT2D eigenvalue weighted by Crippen LogP contribution is -2.20. The molecule has 0 spiro atoms. The minimum atomic E-state index is -0.837. The number of hydrogen-bond acceptors (Lipinski definition) is 7. The number of non-ortho nitro benzene ring substituents is 1. The maximum atomic E-state index is 11.7.